The Hall–Kier alpha value is -5.16. The second-order valence-corrected chi connectivity index (χ2v) is 11.2. The van der Waals surface area contributed by atoms with Gasteiger partial charge in [0.1, 0.15) is 37.2 Å². The van der Waals surface area contributed by atoms with E-state index in [0.717, 1.165) is 16.5 Å². The number of hydrogen-bond donors (Lipinski definition) is 2. The maximum Gasteiger partial charge on any atom is 0.114 e. The van der Waals surface area contributed by atoms with Gasteiger partial charge in [-0.3, -0.25) is 9.97 Å². The molecule has 0 radical (unpaired) electrons. The Labute approximate surface area is 241 Å². The molecule has 2 N–H and O–H groups in total. The van der Waals surface area contributed by atoms with E-state index in [0.29, 0.717) is 45.6 Å². The number of aromatic nitrogens is 5. The molecule has 0 amide bonds. The summed E-state index contributed by atoms with van der Waals surface area (Å²) in [6.45, 7) is 4.97. The van der Waals surface area contributed by atoms with E-state index in [4.69, 9.17) is 0 Å². The third kappa shape index (κ3) is 5.68. The molecule has 0 spiro atoms. The highest BCUT2D eigenvalue weighted by atomic mass is 19.1. The average molecular weight is 566 g/mol. The van der Waals surface area contributed by atoms with E-state index in [-0.39, 0.29) is 5.41 Å². The van der Waals surface area contributed by atoms with E-state index in [2.05, 4.69) is 63.8 Å². The summed E-state index contributed by atoms with van der Waals surface area (Å²) in [5.74, 6) is 0. The summed E-state index contributed by atoms with van der Waals surface area (Å²) in [6.07, 6.45) is 4.69. The molecule has 0 unspecified atom stereocenters. The Kier molecular flexibility index (Phi) is 7.94. The average Bonchev–Trinajstić information content (AvgIpc) is 3.47. The lowest BCUT2D eigenvalue weighted by Crippen LogP contribution is -2.20. The summed E-state index contributed by atoms with van der Waals surface area (Å²) in [7, 11) is 0. The van der Waals surface area contributed by atoms with Crippen LogP contribution in [-0.2, 0) is 0 Å². The van der Waals surface area contributed by atoms with Crippen LogP contribution in [-0.4, -0.2) is 44.9 Å². The Bertz CT molecular complexity index is 1820. The molecule has 5 rings (SSSR count). The number of halogens is 2. The van der Waals surface area contributed by atoms with Gasteiger partial charge in [-0.05, 0) is 35.2 Å². The molecular weight excluding hydrogens is 536 g/mol. The second kappa shape index (κ2) is 11.8. The van der Waals surface area contributed by atoms with Crippen LogP contribution in [0.1, 0.15) is 55.2 Å². The summed E-state index contributed by atoms with van der Waals surface area (Å²) < 4.78 is 28.2. The van der Waals surface area contributed by atoms with Gasteiger partial charge in [-0.15, -0.1) is 5.10 Å². The maximum atomic E-state index is 13.5. The van der Waals surface area contributed by atoms with Crippen molar-refractivity contribution in [3.05, 3.63) is 83.4 Å². The van der Waals surface area contributed by atoms with Crippen LogP contribution in [0.2, 0.25) is 0 Å². The van der Waals surface area contributed by atoms with Crippen LogP contribution in [0.5, 0.6) is 0 Å². The van der Waals surface area contributed by atoms with Gasteiger partial charge in [-0.1, -0.05) is 44.2 Å². The van der Waals surface area contributed by atoms with Crippen LogP contribution in [0.4, 0.5) is 20.2 Å². The monoisotopic (exact) mass is 565 g/mol. The zero-order chi connectivity index (χ0) is 29.9. The van der Waals surface area contributed by atoms with Gasteiger partial charge < -0.3 is 10.6 Å². The molecule has 3 aromatic heterocycles. The SMILES string of the molecule is CC(C)(C)CNc1c(C#N)cnc2c(C#N)cc(N[C@H](c3cn(C(CF)CF)nn3)c3cccc4ncccc34)cc12. The number of alkyl halides is 2. The number of fused-ring (bicyclic) bond motifs is 2. The second-order valence-electron chi connectivity index (χ2n) is 11.2. The minimum absolute atomic E-state index is 0.0767. The minimum atomic E-state index is -1.08. The molecule has 2 aromatic carbocycles. The number of benzene rings is 2. The van der Waals surface area contributed by atoms with Gasteiger partial charge >= 0.3 is 0 Å². The Morgan fingerprint density at radius 2 is 1.76 bits per heavy atom. The Balaban J connectivity index is 1.68. The van der Waals surface area contributed by atoms with Crippen LogP contribution >= 0.6 is 0 Å². The number of hydrogen-bond acceptors (Lipinski definition) is 8. The minimum Gasteiger partial charge on any atom is -0.383 e. The number of nitrogens with one attached hydrogen (secondary N) is 2. The first-order valence-corrected chi connectivity index (χ1v) is 13.4. The number of pyridine rings is 2. The van der Waals surface area contributed by atoms with Gasteiger partial charge in [0.05, 0.1) is 40.1 Å². The van der Waals surface area contributed by atoms with Crippen molar-refractivity contribution < 1.29 is 8.78 Å². The third-order valence-corrected chi connectivity index (χ3v) is 6.86. The van der Waals surface area contributed by atoms with Crippen molar-refractivity contribution in [3.63, 3.8) is 0 Å². The Morgan fingerprint density at radius 1 is 0.976 bits per heavy atom. The predicted octanol–water partition coefficient (Wildman–Crippen LogP) is 6.26. The molecule has 5 aromatic rings. The maximum absolute atomic E-state index is 13.5. The largest absolute Gasteiger partial charge is 0.383 e. The van der Waals surface area contributed by atoms with Crippen molar-refractivity contribution >= 4 is 33.2 Å². The van der Waals surface area contributed by atoms with E-state index in [1.54, 1.807) is 12.3 Å². The topological polar surface area (TPSA) is 128 Å². The van der Waals surface area contributed by atoms with Crippen LogP contribution in [0, 0.1) is 28.1 Å². The first-order chi connectivity index (χ1) is 20.3. The first-order valence-electron chi connectivity index (χ1n) is 13.4. The predicted molar refractivity (Wildman–Crippen MR) is 157 cm³/mol. The molecule has 0 saturated heterocycles. The molecule has 0 bridgehead atoms. The van der Waals surface area contributed by atoms with Gasteiger partial charge in [0.2, 0.25) is 0 Å². The van der Waals surface area contributed by atoms with Crippen molar-refractivity contribution in [2.75, 3.05) is 30.5 Å². The normalized spacial score (nSPS) is 12.3. The van der Waals surface area contributed by atoms with Crippen molar-refractivity contribution in [2.24, 2.45) is 5.41 Å². The number of nitriles is 2. The van der Waals surface area contributed by atoms with Gasteiger partial charge in [0, 0.05) is 35.4 Å². The first kappa shape index (κ1) is 28.4. The number of anilines is 2. The van der Waals surface area contributed by atoms with E-state index in [9.17, 15) is 19.3 Å². The molecular formula is C31H29F2N9. The fraction of sp³-hybridized carbons (Fsp3) is 0.290. The molecule has 9 nitrogen and oxygen atoms in total. The summed E-state index contributed by atoms with van der Waals surface area (Å²) in [5, 5.41) is 36.5. The van der Waals surface area contributed by atoms with Crippen LogP contribution < -0.4 is 10.6 Å². The molecule has 3 heterocycles. The van der Waals surface area contributed by atoms with Crippen LogP contribution in [0.25, 0.3) is 21.8 Å². The number of nitrogens with zero attached hydrogens (tertiary/aromatic N) is 7. The van der Waals surface area contributed by atoms with E-state index in [1.165, 1.54) is 17.1 Å². The smallest absolute Gasteiger partial charge is 0.114 e. The van der Waals surface area contributed by atoms with Crippen LogP contribution in [0.15, 0.2) is 61.1 Å². The summed E-state index contributed by atoms with van der Waals surface area (Å²) in [6, 6.07) is 15.7. The van der Waals surface area contributed by atoms with Crippen molar-refractivity contribution in [2.45, 2.75) is 32.9 Å². The molecule has 0 fully saturated rings. The van der Waals surface area contributed by atoms with Gasteiger partial charge in [-0.2, -0.15) is 10.5 Å². The fourth-order valence-corrected chi connectivity index (χ4v) is 4.74. The van der Waals surface area contributed by atoms with Crippen molar-refractivity contribution in [1.29, 1.82) is 10.5 Å². The zero-order valence-electron chi connectivity index (χ0n) is 23.4. The van der Waals surface area contributed by atoms with Crippen molar-refractivity contribution in [3.8, 4) is 12.1 Å². The summed E-state index contributed by atoms with van der Waals surface area (Å²) in [4.78, 5) is 8.89. The lowest BCUT2D eigenvalue weighted by molar-refractivity contribution is 0.269. The summed E-state index contributed by atoms with van der Waals surface area (Å²) in [5.41, 5.74) is 4.19. The zero-order valence-corrected chi connectivity index (χ0v) is 23.4. The molecule has 212 valence electrons. The van der Waals surface area contributed by atoms with E-state index >= 15 is 0 Å². The van der Waals surface area contributed by atoms with Crippen LogP contribution in [0.3, 0.4) is 0 Å². The molecule has 0 aliphatic carbocycles. The van der Waals surface area contributed by atoms with Gasteiger partial charge in [-0.25, -0.2) is 13.5 Å². The highest BCUT2D eigenvalue weighted by Crippen LogP contribution is 2.35. The quantitative estimate of drug-likeness (QED) is 0.214. The number of rotatable bonds is 9. The lowest BCUT2D eigenvalue weighted by atomic mass is 9.96. The molecule has 11 heteroatoms. The van der Waals surface area contributed by atoms with E-state index < -0.39 is 25.4 Å². The molecule has 0 aliphatic heterocycles. The van der Waals surface area contributed by atoms with E-state index in [1.807, 2.05) is 36.4 Å². The standard InChI is InChI=1S/C31H29F2N9/c1-31(2,3)18-38-29-20(15-35)16-37-28-19(14-34)10-21(11-25(28)29)39-30(27-17-42(41-40-27)22(12-32)13-33)24-6-4-8-26-23(24)7-5-9-36-26/h4-11,16-17,22,30,39H,12-13,18H2,1-3H3,(H,37,38)/t30-/m0/s1. The van der Waals surface area contributed by atoms with Gasteiger partial charge in [0.15, 0.2) is 0 Å². The lowest BCUT2D eigenvalue weighted by Gasteiger charge is -2.23. The third-order valence-electron chi connectivity index (χ3n) is 6.86. The fourth-order valence-electron chi connectivity index (χ4n) is 4.74. The van der Waals surface area contributed by atoms with Crippen molar-refractivity contribution in [1.82, 2.24) is 25.0 Å². The van der Waals surface area contributed by atoms with Gasteiger partial charge in [0.25, 0.3) is 0 Å². The molecule has 42 heavy (non-hydrogen) atoms. The highest BCUT2D eigenvalue weighted by Gasteiger charge is 2.24. The molecule has 0 saturated carbocycles. The molecule has 1 atom stereocenters. The summed E-state index contributed by atoms with van der Waals surface area (Å²) >= 11 is 0. The molecule has 0 aliphatic rings. The Morgan fingerprint density at radius 3 is 2.48 bits per heavy atom. The highest BCUT2D eigenvalue weighted by molar-refractivity contribution is 5.99.